The number of nitrogens with one attached hydrogen (secondary N) is 1. The molecule has 3 rings (SSSR count). The summed E-state index contributed by atoms with van der Waals surface area (Å²) in [4.78, 5) is -0.227. The lowest BCUT2D eigenvalue weighted by Gasteiger charge is -1.94. The summed E-state index contributed by atoms with van der Waals surface area (Å²) in [5.74, 6) is -0.0441. The molecule has 0 spiro atoms. The van der Waals surface area contributed by atoms with Crippen LogP contribution in [0.2, 0.25) is 0 Å². The number of aromatic nitrogens is 3. The van der Waals surface area contributed by atoms with Crippen molar-refractivity contribution in [2.24, 2.45) is 0 Å². The van der Waals surface area contributed by atoms with Crippen molar-refractivity contribution in [3.8, 4) is 5.75 Å². The van der Waals surface area contributed by atoms with Gasteiger partial charge in [-0.15, -0.1) is 5.10 Å². The van der Waals surface area contributed by atoms with Crippen LogP contribution in [0.4, 0.5) is 0 Å². The summed E-state index contributed by atoms with van der Waals surface area (Å²) in [5, 5.41) is 18.9. The molecule has 20 heavy (non-hydrogen) atoms. The second-order valence-corrected chi connectivity index (χ2v) is 5.22. The zero-order chi connectivity index (χ0) is 14.6. The fourth-order valence-electron chi connectivity index (χ4n) is 1.41. The molecule has 2 aromatic carbocycles. The maximum Gasteiger partial charge on any atom is 0.294 e. The van der Waals surface area contributed by atoms with E-state index >= 15 is 0 Å². The smallest absolute Gasteiger partial charge is 0.294 e. The third kappa shape index (κ3) is 3.53. The normalized spacial score (nSPS) is 10.8. The van der Waals surface area contributed by atoms with Crippen LogP contribution in [0, 0.1) is 0 Å². The Labute approximate surface area is 114 Å². The van der Waals surface area contributed by atoms with Crippen molar-refractivity contribution in [3.63, 3.8) is 0 Å². The lowest BCUT2D eigenvalue weighted by atomic mass is 10.3. The van der Waals surface area contributed by atoms with E-state index in [2.05, 4.69) is 15.4 Å². The molecule has 0 radical (unpaired) electrons. The number of para-hydroxylation sites is 1. The van der Waals surface area contributed by atoms with E-state index in [9.17, 15) is 8.42 Å². The molecule has 0 aliphatic heterocycles. The molecule has 0 bridgehead atoms. The maximum atomic E-state index is 10.4. The van der Waals surface area contributed by atoms with Crippen molar-refractivity contribution in [2.45, 2.75) is 4.90 Å². The molecule has 7 nitrogen and oxygen atoms in total. The molecule has 0 aliphatic carbocycles. The quantitative estimate of drug-likeness (QED) is 0.587. The number of phenols is 1. The van der Waals surface area contributed by atoms with Crippen LogP contribution in [0.15, 0.2) is 53.4 Å². The monoisotopic (exact) mass is 293 g/mol. The van der Waals surface area contributed by atoms with Crippen molar-refractivity contribution in [1.29, 1.82) is 0 Å². The zero-order valence-electron chi connectivity index (χ0n) is 10.1. The Hall–Kier alpha value is -2.45. The Kier molecular flexibility index (Phi) is 3.97. The summed E-state index contributed by atoms with van der Waals surface area (Å²) in [5.41, 5.74) is 1.90. The largest absolute Gasteiger partial charge is 0.508 e. The first-order valence-electron chi connectivity index (χ1n) is 5.49. The molecule has 3 aromatic rings. The van der Waals surface area contributed by atoms with E-state index in [0.717, 1.165) is 23.2 Å². The molecule has 0 aliphatic rings. The lowest BCUT2D eigenvalue weighted by molar-refractivity contribution is 0.472. The second-order valence-electron chi connectivity index (χ2n) is 3.80. The maximum absolute atomic E-state index is 10.4. The lowest BCUT2D eigenvalue weighted by Crippen LogP contribution is -1.96. The van der Waals surface area contributed by atoms with E-state index in [1.807, 2.05) is 24.3 Å². The van der Waals surface area contributed by atoms with Gasteiger partial charge in [0, 0.05) is 0 Å². The predicted octanol–water partition coefficient (Wildman–Crippen LogP) is 1.60. The molecule has 3 N–H and O–H groups in total. The van der Waals surface area contributed by atoms with E-state index < -0.39 is 10.1 Å². The highest BCUT2D eigenvalue weighted by molar-refractivity contribution is 7.85. The van der Waals surface area contributed by atoms with Gasteiger partial charge in [0.05, 0.1) is 10.4 Å². The number of hydrogen-bond acceptors (Lipinski definition) is 5. The molecule has 1 heterocycles. The van der Waals surface area contributed by atoms with Crippen molar-refractivity contribution in [1.82, 2.24) is 15.4 Å². The average Bonchev–Trinajstić information content (AvgIpc) is 2.87. The molecule has 104 valence electrons. The highest BCUT2D eigenvalue weighted by Gasteiger charge is 2.07. The number of phenolic OH excluding ortho intramolecular Hbond substituents is 1. The third-order valence-electron chi connectivity index (χ3n) is 2.37. The summed E-state index contributed by atoms with van der Waals surface area (Å²) in [6, 6.07) is 12.3. The van der Waals surface area contributed by atoms with Crippen LogP contribution >= 0.6 is 0 Å². The number of rotatable bonds is 1. The van der Waals surface area contributed by atoms with Crippen LogP contribution in [-0.2, 0) is 10.1 Å². The Balaban J connectivity index is 0.000000149. The average molecular weight is 293 g/mol. The summed E-state index contributed by atoms with van der Waals surface area (Å²) in [7, 11) is -4.13. The van der Waals surface area contributed by atoms with Crippen molar-refractivity contribution in [2.75, 3.05) is 0 Å². The van der Waals surface area contributed by atoms with Crippen LogP contribution in [0.3, 0.4) is 0 Å². The van der Waals surface area contributed by atoms with E-state index in [1.165, 1.54) is 12.1 Å². The Morgan fingerprint density at radius 3 is 2.25 bits per heavy atom. The van der Waals surface area contributed by atoms with Crippen LogP contribution in [-0.4, -0.2) is 33.5 Å². The highest BCUT2D eigenvalue weighted by atomic mass is 32.2. The molecular weight excluding hydrogens is 282 g/mol. The van der Waals surface area contributed by atoms with Crippen LogP contribution < -0.4 is 0 Å². The fraction of sp³-hybridized carbons (Fsp3) is 0. The number of H-pyrrole nitrogens is 1. The zero-order valence-corrected chi connectivity index (χ0v) is 10.9. The number of aromatic hydroxyl groups is 1. The van der Waals surface area contributed by atoms with Gasteiger partial charge in [0.1, 0.15) is 11.3 Å². The number of benzene rings is 2. The van der Waals surface area contributed by atoms with Gasteiger partial charge in [-0.2, -0.15) is 8.42 Å². The SMILES string of the molecule is O=S(=O)(O)c1ccc(O)cc1.c1ccc2[nH]nnc2c1. The van der Waals surface area contributed by atoms with Crippen LogP contribution in [0.25, 0.3) is 11.0 Å². The molecule has 0 amide bonds. The minimum atomic E-state index is -4.13. The van der Waals surface area contributed by atoms with Crippen molar-refractivity contribution < 1.29 is 18.1 Å². The minimum Gasteiger partial charge on any atom is -0.508 e. The molecule has 0 saturated carbocycles. The third-order valence-corrected chi connectivity index (χ3v) is 3.23. The summed E-state index contributed by atoms with van der Waals surface area (Å²) in [6.45, 7) is 0. The Morgan fingerprint density at radius 1 is 1.00 bits per heavy atom. The number of nitrogens with zero attached hydrogens (tertiary/aromatic N) is 2. The number of aromatic amines is 1. The topological polar surface area (TPSA) is 116 Å². The number of fused-ring (bicyclic) bond motifs is 1. The van der Waals surface area contributed by atoms with Gasteiger partial charge < -0.3 is 5.11 Å². The van der Waals surface area contributed by atoms with Gasteiger partial charge >= 0.3 is 0 Å². The van der Waals surface area contributed by atoms with Gasteiger partial charge in [0.2, 0.25) is 0 Å². The fourth-order valence-corrected chi connectivity index (χ4v) is 1.89. The van der Waals surface area contributed by atoms with E-state index in [1.54, 1.807) is 0 Å². The molecule has 0 unspecified atom stereocenters. The van der Waals surface area contributed by atoms with Crippen LogP contribution in [0.5, 0.6) is 5.75 Å². The van der Waals surface area contributed by atoms with E-state index in [-0.39, 0.29) is 10.6 Å². The standard InChI is InChI=1S/C6H5N3.C6H6O4S/c1-2-4-6-5(3-1)7-9-8-6;7-5-1-3-6(4-2-5)11(8,9)10/h1-4H,(H,7,8,9);1-4,7H,(H,8,9,10). The first kappa shape index (κ1) is 14.0. The molecule has 1 aromatic heterocycles. The van der Waals surface area contributed by atoms with E-state index in [4.69, 9.17) is 9.66 Å². The van der Waals surface area contributed by atoms with Gasteiger partial charge in [-0.05, 0) is 36.4 Å². The van der Waals surface area contributed by atoms with Crippen molar-refractivity contribution >= 4 is 21.2 Å². The predicted molar refractivity (Wildman–Crippen MR) is 71.8 cm³/mol. The first-order valence-corrected chi connectivity index (χ1v) is 6.93. The van der Waals surface area contributed by atoms with Gasteiger partial charge in [0.15, 0.2) is 0 Å². The van der Waals surface area contributed by atoms with E-state index in [0.29, 0.717) is 0 Å². The Morgan fingerprint density at radius 2 is 1.65 bits per heavy atom. The molecule has 0 atom stereocenters. The summed E-state index contributed by atoms with van der Waals surface area (Å²) in [6.07, 6.45) is 0. The van der Waals surface area contributed by atoms with Crippen molar-refractivity contribution in [3.05, 3.63) is 48.5 Å². The number of hydrogen-bond donors (Lipinski definition) is 3. The molecular formula is C12H11N3O4S. The van der Waals surface area contributed by atoms with Gasteiger partial charge in [-0.3, -0.25) is 9.65 Å². The highest BCUT2D eigenvalue weighted by Crippen LogP contribution is 2.13. The minimum absolute atomic E-state index is 0.0441. The van der Waals surface area contributed by atoms with Gasteiger partial charge in [-0.1, -0.05) is 17.3 Å². The van der Waals surface area contributed by atoms with Gasteiger partial charge in [-0.25, -0.2) is 0 Å². The molecule has 0 saturated heterocycles. The second kappa shape index (κ2) is 5.68. The molecule has 8 heteroatoms. The first-order chi connectivity index (χ1) is 9.47. The van der Waals surface area contributed by atoms with Crippen LogP contribution in [0.1, 0.15) is 0 Å². The summed E-state index contributed by atoms with van der Waals surface area (Å²) < 4.78 is 29.3. The van der Waals surface area contributed by atoms with Gasteiger partial charge in [0.25, 0.3) is 10.1 Å². The summed E-state index contributed by atoms with van der Waals surface area (Å²) >= 11 is 0. The molecule has 0 fully saturated rings. The Bertz CT molecular complexity index is 767.